The van der Waals surface area contributed by atoms with Crippen molar-refractivity contribution in [2.24, 2.45) is 5.84 Å². The van der Waals surface area contributed by atoms with Crippen molar-refractivity contribution in [1.82, 2.24) is 14.7 Å². The number of nitrogens with zero attached hydrogens (tertiary/aromatic N) is 2. The van der Waals surface area contributed by atoms with Gasteiger partial charge in [0.25, 0.3) is 0 Å². The molecule has 21 heavy (non-hydrogen) atoms. The van der Waals surface area contributed by atoms with Gasteiger partial charge in [-0.3, -0.25) is 4.98 Å². The summed E-state index contributed by atoms with van der Waals surface area (Å²) in [5.74, 6) is 5.38. The van der Waals surface area contributed by atoms with Crippen LogP contribution in [0.2, 0.25) is 0 Å². The second-order valence-electron chi connectivity index (χ2n) is 4.27. The third kappa shape index (κ3) is 3.76. The molecule has 0 aliphatic heterocycles. The Labute approximate surface area is 131 Å². The normalized spacial score (nSPS) is 11.4. The highest BCUT2D eigenvalue weighted by atomic mass is 79.9. The number of hydrazine groups is 1. The standard InChI is InChI=1S/C12H14BrN5O2S/c1-8-2-3-15-5-9(8)6-17-21(19,20)11-4-10(13)7-16-12(11)18-14/h2-5,7,17H,6,14H2,1H3,(H,16,18). The van der Waals surface area contributed by atoms with Crippen molar-refractivity contribution in [3.63, 3.8) is 0 Å². The first kappa shape index (κ1) is 15.8. The predicted octanol–water partition coefficient (Wildman–Crippen LogP) is 1.31. The monoisotopic (exact) mass is 371 g/mol. The molecule has 0 fully saturated rings. The summed E-state index contributed by atoms with van der Waals surface area (Å²) in [6.45, 7) is 2.03. The van der Waals surface area contributed by atoms with E-state index in [1.165, 1.54) is 12.3 Å². The quantitative estimate of drug-likeness (QED) is 0.539. The largest absolute Gasteiger partial charge is 0.307 e. The average molecular weight is 372 g/mol. The third-order valence-electron chi connectivity index (χ3n) is 2.85. The van der Waals surface area contributed by atoms with Gasteiger partial charge in [0.05, 0.1) is 0 Å². The van der Waals surface area contributed by atoms with E-state index in [0.717, 1.165) is 11.1 Å². The Kier molecular flexibility index (Phi) is 4.88. The Morgan fingerprint density at radius 1 is 1.38 bits per heavy atom. The van der Waals surface area contributed by atoms with Crippen molar-refractivity contribution in [1.29, 1.82) is 0 Å². The number of nitrogens with one attached hydrogen (secondary N) is 2. The van der Waals surface area contributed by atoms with Crippen molar-refractivity contribution in [2.75, 3.05) is 5.43 Å². The third-order valence-corrected chi connectivity index (χ3v) is 4.69. The van der Waals surface area contributed by atoms with E-state index in [1.54, 1.807) is 12.4 Å². The Bertz CT molecular complexity index is 751. The minimum absolute atomic E-state index is 0.0269. The maximum absolute atomic E-state index is 12.4. The lowest BCUT2D eigenvalue weighted by Gasteiger charge is -2.11. The van der Waals surface area contributed by atoms with E-state index in [0.29, 0.717) is 4.47 Å². The van der Waals surface area contributed by atoms with Crippen LogP contribution in [0.4, 0.5) is 5.82 Å². The van der Waals surface area contributed by atoms with Crippen LogP contribution in [0.5, 0.6) is 0 Å². The highest BCUT2D eigenvalue weighted by molar-refractivity contribution is 9.10. The van der Waals surface area contributed by atoms with Crippen LogP contribution in [-0.2, 0) is 16.6 Å². The molecule has 0 spiro atoms. The Morgan fingerprint density at radius 2 is 2.14 bits per heavy atom. The van der Waals surface area contributed by atoms with E-state index in [9.17, 15) is 8.42 Å². The number of nitrogen functional groups attached to an aromatic ring is 1. The molecule has 0 aliphatic carbocycles. The van der Waals surface area contributed by atoms with Gasteiger partial charge in [-0.25, -0.2) is 24.0 Å². The molecule has 0 bridgehead atoms. The minimum Gasteiger partial charge on any atom is -0.307 e. The zero-order valence-corrected chi connectivity index (χ0v) is 13.6. The zero-order chi connectivity index (χ0) is 15.5. The van der Waals surface area contributed by atoms with Crippen LogP contribution < -0.4 is 16.0 Å². The van der Waals surface area contributed by atoms with E-state index in [4.69, 9.17) is 5.84 Å². The van der Waals surface area contributed by atoms with Gasteiger partial charge < -0.3 is 5.43 Å². The topological polar surface area (TPSA) is 110 Å². The molecule has 0 aliphatic rings. The van der Waals surface area contributed by atoms with E-state index < -0.39 is 10.0 Å². The smallest absolute Gasteiger partial charge is 0.244 e. The van der Waals surface area contributed by atoms with Crippen molar-refractivity contribution in [3.05, 3.63) is 46.3 Å². The van der Waals surface area contributed by atoms with Crippen LogP contribution in [0.15, 0.2) is 40.1 Å². The second-order valence-corrected chi connectivity index (χ2v) is 6.92. The molecule has 9 heteroatoms. The van der Waals surface area contributed by atoms with Crippen molar-refractivity contribution < 1.29 is 8.42 Å². The average Bonchev–Trinajstić information content (AvgIpc) is 2.46. The number of hydrogen-bond donors (Lipinski definition) is 3. The Hall–Kier alpha value is -1.55. The van der Waals surface area contributed by atoms with Gasteiger partial charge in [-0.15, -0.1) is 0 Å². The number of nitrogens with two attached hydrogens (primary N) is 1. The summed E-state index contributed by atoms with van der Waals surface area (Å²) in [5.41, 5.74) is 4.03. The molecule has 0 saturated carbocycles. The predicted molar refractivity (Wildman–Crippen MR) is 82.7 cm³/mol. The molecule has 7 nitrogen and oxygen atoms in total. The van der Waals surface area contributed by atoms with Crippen LogP contribution >= 0.6 is 15.9 Å². The number of aryl methyl sites for hydroxylation is 1. The number of hydrogen-bond acceptors (Lipinski definition) is 6. The number of pyridine rings is 2. The lowest BCUT2D eigenvalue weighted by atomic mass is 10.2. The molecule has 2 heterocycles. The fourth-order valence-corrected chi connectivity index (χ4v) is 3.30. The van der Waals surface area contributed by atoms with Crippen molar-refractivity contribution in [2.45, 2.75) is 18.4 Å². The molecule has 0 aromatic carbocycles. The summed E-state index contributed by atoms with van der Waals surface area (Å²) in [4.78, 5) is 7.87. The first-order valence-electron chi connectivity index (χ1n) is 5.95. The summed E-state index contributed by atoms with van der Waals surface area (Å²) in [6.07, 6.45) is 4.74. The molecule has 2 aromatic rings. The summed E-state index contributed by atoms with van der Waals surface area (Å²) in [6, 6.07) is 3.25. The van der Waals surface area contributed by atoms with Gasteiger partial charge >= 0.3 is 0 Å². The SMILES string of the molecule is Cc1ccncc1CNS(=O)(=O)c1cc(Br)cnc1NN. The highest BCUT2D eigenvalue weighted by Crippen LogP contribution is 2.22. The van der Waals surface area contributed by atoms with E-state index in [1.807, 2.05) is 13.0 Å². The number of halogens is 1. The molecule has 112 valence electrons. The Balaban J connectivity index is 2.27. The van der Waals surface area contributed by atoms with E-state index in [-0.39, 0.29) is 17.3 Å². The lowest BCUT2D eigenvalue weighted by Crippen LogP contribution is -2.26. The maximum atomic E-state index is 12.4. The first-order valence-corrected chi connectivity index (χ1v) is 8.23. The molecule has 2 aromatic heterocycles. The molecular formula is C12H14BrN5O2S. The second kappa shape index (κ2) is 6.48. The van der Waals surface area contributed by atoms with Crippen LogP contribution in [0.3, 0.4) is 0 Å². The minimum atomic E-state index is -3.75. The van der Waals surface area contributed by atoms with Gasteiger partial charge in [-0.05, 0) is 46.1 Å². The molecule has 0 radical (unpaired) electrons. The van der Waals surface area contributed by atoms with Gasteiger partial charge in [-0.2, -0.15) is 0 Å². The van der Waals surface area contributed by atoms with Gasteiger partial charge in [0, 0.05) is 29.6 Å². The van der Waals surface area contributed by atoms with E-state index in [2.05, 4.69) is 36.0 Å². The van der Waals surface area contributed by atoms with Crippen LogP contribution in [0, 0.1) is 6.92 Å². The molecule has 0 atom stereocenters. The van der Waals surface area contributed by atoms with Gasteiger partial charge in [-0.1, -0.05) is 0 Å². The maximum Gasteiger partial charge on any atom is 0.244 e. The summed E-state index contributed by atoms with van der Waals surface area (Å²) < 4.78 is 27.8. The number of rotatable bonds is 5. The molecule has 4 N–H and O–H groups in total. The summed E-state index contributed by atoms with van der Waals surface area (Å²) in [7, 11) is -3.75. The van der Waals surface area contributed by atoms with Crippen LogP contribution in [0.25, 0.3) is 0 Å². The van der Waals surface area contributed by atoms with Crippen LogP contribution in [0.1, 0.15) is 11.1 Å². The first-order chi connectivity index (χ1) is 9.94. The van der Waals surface area contributed by atoms with Gasteiger partial charge in [0.15, 0.2) is 5.82 Å². The summed E-state index contributed by atoms with van der Waals surface area (Å²) in [5, 5.41) is 0. The highest BCUT2D eigenvalue weighted by Gasteiger charge is 2.20. The van der Waals surface area contributed by atoms with E-state index >= 15 is 0 Å². The number of aromatic nitrogens is 2. The molecule has 0 amide bonds. The fraction of sp³-hybridized carbons (Fsp3) is 0.167. The fourth-order valence-electron chi connectivity index (χ4n) is 1.67. The molecular weight excluding hydrogens is 358 g/mol. The Morgan fingerprint density at radius 3 is 2.81 bits per heavy atom. The van der Waals surface area contributed by atoms with Crippen molar-refractivity contribution in [3.8, 4) is 0 Å². The van der Waals surface area contributed by atoms with Crippen LogP contribution in [-0.4, -0.2) is 18.4 Å². The lowest BCUT2D eigenvalue weighted by molar-refractivity contribution is 0.581. The molecule has 0 saturated heterocycles. The van der Waals surface area contributed by atoms with Gasteiger partial charge in [0.1, 0.15) is 4.90 Å². The number of anilines is 1. The molecule has 0 unspecified atom stereocenters. The summed E-state index contributed by atoms with van der Waals surface area (Å²) >= 11 is 3.19. The van der Waals surface area contributed by atoms with Gasteiger partial charge in [0.2, 0.25) is 10.0 Å². The molecule has 2 rings (SSSR count). The zero-order valence-electron chi connectivity index (χ0n) is 11.2. The van der Waals surface area contributed by atoms with Crippen molar-refractivity contribution >= 4 is 31.8 Å². The number of sulfonamides is 1.